The second kappa shape index (κ2) is 7.65. The first-order valence-electron chi connectivity index (χ1n) is 8.23. The number of likely N-dealkylation sites (tertiary alicyclic amines) is 1. The van der Waals surface area contributed by atoms with Crippen LogP contribution in [-0.4, -0.2) is 67.7 Å². The molecule has 0 aliphatic carbocycles. The highest BCUT2D eigenvalue weighted by Gasteiger charge is 2.30. The molecule has 1 aromatic rings. The third-order valence-electron chi connectivity index (χ3n) is 4.35. The fraction of sp³-hybridized carbons (Fsp3) is 0.688. The SMILES string of the molecule is CCNC(=NCc1ccoc1)N1CCC(N2CCOCC2)C1. The highest BCUT2D eigenvalue weighted by molar-refractivity contribution is 5.80. The Kier molecular flexibility index (Phi) is 5.34. The molecular weight excluding hydrogens is 280 g/mol. The van der Waals surface area contributed by atoms with Gasteiger partial charge in [-0.2, -0.15) is 0 Å². The molecule has 1 aromatic heterocycles. The molecule has 6 heteroatoms. The second-order valence-electron chi connectivity index (χ2n) is 5.84. The average Bonchev–Trinajstić information content (AvgIpc) is 3.24. The smallest absolute Gasteiger partial charge is 0.194 e. The van der Waals surface area contributed by atoms with Crippen molar-refractivity contribution in [3.8, 4) is 0 Å². The van der Waals surface area contributed by atoms with E-state index in [1.165, 1.54) is 6.42 Å². The minimum atomic E-state index is 0.627. The van der Waals surface area contributed by atoms with Crippen LogP contribution in [0, 0.1) is 0 Å². The summed E-state index contributed by atoms with van der Waals surface area (Å²) in [6.07, 6.45) is 4.66. The van der Waals surface area contributed by atoms with Crippen LogP contribution in [0.4, 0.5) is 0 Å². The van der Waals surface area contributed by atoms with Crippen molar-refractivity contribution in [2.75, 3.05) is 45.9 Å². The largest absolute Gasteiger partial charge is 0.472 e. The second-order valence-corrected chi connectivity index (χ2v) is 5.84. The number of furan rings is 1. The van der Waals surface area contributed by atoms with E-state index < -0.39 is 0 Å². The molecule has 2 aliphatic rings. The maximum Gasteiger partial charge on any atom is 0.194 e. The van der Waals surface area contributed by atoms with Crippen LogP contribution in [0.15, 0.2) is 28.0 Å². The Labute approximate surface area is 132 Å². The van der Waals surface area contributed by atoms with E-state index in [2.05, 4.69) is 22.0 Å². The van der Waals surface area contributed by atoms with Crippen LogP contribution in [-0.2, 0) is 11.3 Å². The van der Waals surface area contributed by atoms with Gasteiger partial charge in [-0.25, -0.2) is 4.99 Å². The number of aliphatic imine (C=N–C) groups is 1. The molecule has 0 bridgehead atoms. The summed E-state index contributed by atoms with van der Waals surface area (Å²) in [6.45, 7) is 9.64. The van der Waals surface area contributed by atoms with Gasteiger partial charge in [0, 0.05) is 44.3 Å². The molecule has 1 atom stereocenters. The van der Waals surface area contributed by atoms with Crippen molar-refractivity contribution in [1.82, 2.24) is 15.1 Å². The van der Waals surface area contributed by atoms with Crippen molar-refractivity contribution in [3.63, 3.8) is 0 Å². The number of ether oxygens (including phenoxy) is 1. The van der Waals surface area contributed by atoms with Crippen LogP contribution in [0.1, 0.15) is 18.9 Å². The molecule has 2 saturated heterocycles. The van der Waals surface area contributed by atoms with Crippen LogP contribution < -0.4 is 5.32 Å². The monoisotopic (exact) mass is 306 g/mol. The van der Waals surface area contributed by atoms with E-state index in [4.69, 9.17) is 14.1 Å². The van der Waals surface area contributed by atoms with Gasteiger partial charge in [0.1, 0.15) is 0 Å². The average molecular weight is 306 g/mol. The molecule has 6 nitrogen and oxygen atoms in total. The summed E-state index contributed by atoms with van der Waals surface area (Å²) >= 11 is 0. The third kappa shape index (κ3) is 3.81. The summed E-state index contributed by atoms with van der Waals surface area (Å²) in [4.78, 5) is 9.68. The molecular formula is C16H26N4O2. The lowest BCUT2D eigenvalue weighted by atomic mass is 10.2. The first-order valence-corrected chi connectivity index (χ1v) is 8.23. The molecule has 0 radical (unpaired) electrons. The summed E-state index contributed by atoms with van der Waals surface area (Å²) in [6, 6.07) is 2.59. The summed E-state index contributed by atoms with van der Waals surface area (Å²) in [7, 11) is 0. The molecule has 2 fully saturated rings. The predicted molar refractivity (Wildman–Crippen MR) is 85.9 cm³/mol. The molecule has 1 N–H and O–H groups in total. The summed E-state index contributed by atoms with van der Waals surface area (Å²) in [5.74, 6) is 1.01. The van der Waals surface area contributed by atoms with Gasteiger partial charge in [0.05, 0.1) is 32.3 Å². The Hall–Kier alpha value is -1.53. The zero-order chi connectivity index (χ0) is 15.2. The number of nitrogens with one attached hydrogen (secondary N) is 1. The van der Waals surface area contributed by atoms with Gasteiger partial charge >= 0.3 is 0 Å². The van der Waals surface area contributed by atoms with Gasteiger partial charge in [-0.15, -0.1) is 0 Å². The quantitative estimate of drug-likeness (QED) is 0.668. The summed E-state index contributed by atoms with van der Waals surface area (Å²) < 4.78 is 10.6. The summed E-state index contributed by atoms with van der Waals surface area (Å²) in [5, 5.41) is 3.41. The van der Waals surface area contributed by atoms with Gasteiger partial charge in [0.2, 0.25) is 0 Å². The standard InChI is InChI=1S/C16H26N4O2/c1-2-17-16(18-11-14-4-8-22-13-14)20-5-3-15(12-20)19-6-9-21-10-7-19/h4,8,13,15H,2-3,5-7,9-12H2,1H3,(H,17,18). The van der Waals surface area contributed by atoms with Gasteiger partial charge in [-0.3, -0.25) is 4.90 Å². The molecule has 3 heterocycles. The normalized spacial score (nSPS) is 24.0. The van der Waals surface area contributed by atoms with Crippen molar-refractivity contribution in [1.29, 1.82) is 0 Å². The number of nitrogens with zero attached hydrogens (tertiary/aromatic N) is 3. The molecule has 0 amide bonds. The van der Waals surface area contributed by atoms with Crippen LogP contribution in [0.3, 0.4) is 0 Å². The fourth-order valence-corrected chi connectivity index (χ4v) is 3.15. The van der Waals surface area contributed by atoms with Gasteiger partial charge in [-0.1, -0.05) is 0 Å². The van der Waals surface area contributed by atoms with E-state index >= 15 is 0 Å². The Balaban J connectivity index is 1.58. The first kappa shape index (κ1) is 15.4. The lowest BCUT2D eigenvalue weighted by Crippen LogP contribution is -2.46. The number of hydrogen-bond acceptors (Lipinski definition) is 4. The van der Waals surface area contributed by atoms with Crippen molar-refractivity contribution in [3.05, 3.63) is 24.2 Å². The van der Waals surface area contributed by atoms with Crippen molar-refractivity contribution < 1.29 is 9.15 Å². The van der Waals surface area contributed by atoms with E-state index in [0.717, 1.165) is 57.5 Å². The maximum atomic E-state index is 5.45. The zero-order valence-corrected chi connectivity index (χ0v) is 13.3. The van der Waals surface area contributed by atoms with Gasteiger partial charge in [0.25, 0.3) is 0 Å². The van der Waals surface area contributed by atoms with Gasteiger partial charge in [-0.05, 0) is 19.4 Å². The molecule has 1 unspecified atom stereocenters. The molecule has 0 aromatic carbocycles. The zero-order valence-electron chi connectivity index (χ0n) is 13.3. The van der Waals surface area contributed by atoms with Gasteiger partial charge in [0.15, 0.2) is 5.96 Å². The fourth-order valence-electron chi connectivity index (χ4n) is 3.15. The van der Waals surface area contributed by atoms with Crippen molar-refractivity contribution >= 4 is 5.96 Å². The third-order valence-corrected chi connectivity index (χ3v) is 4.35. The number of rotatable bonds is 4. The molecule has 0 spiro atoms. The Bertz CT molecular complexity index is 469. The number of morpholine rings is 1. The van der Waals surface area contributed by atoms with E-state index in [1.54, 1.807) is 12.5 Å². The van der Waals surface area contributed by atoms with Crippen molar-refractivity contribution in [2.24, 2.45) is 4.99 Å². The molecule has 122 valence electrons. The minimum absolute atomic E-state index is 0.627. The van der Waals surface area contributed by atoms with E-state index in [0.29, 0.717) is 12.6 Å². The summed E-state index contributed by atoms with van der Waals surface area (Å²) in [5.41, 5.74) is 1.11. The van der Waals surface area contributed by atoms with Crippen molar-refractivity contribution in [2.45, 2.75) is 25.9 Å². The Morgan fingerprint density at radius 2 is 2.23 bits per heavy atom. The van der Waals surface area contributed by atoms with Gasteiger partial charge < -0.3 is 19.4 Å². The molecule has 2 aliphatic heterocycles. The highest BCUT2D eigenvalue weighted by Crippen LogP contribution is 2.17. The Morgan fingerprint density at radius 3 is 2.95 bits per heavy atom. The molecule has 0 saturated carbocycles. The lowest BCUT2D eigenvalue weighted by molar-refractivity contribution is 0.0195. The van der Waals surface area contributed by atoms with E-state index in [-0.39, 0.29) is 0 Å². The van der Waals surface area contributed by atoms with Crippen LogP contribution in [0.25, 0.3) is 0 Å². The topological polar surface area (TPSA) is 53.2 Å². The molecule has 3 rings (SSSR count). The first-order chi connectivity index (χ1) is 10.9. The van der Waals surface area contributed by atoms with Crippen LogP contribution in [0.5, 0.6) is 0 Å². The highest BCUT2D eigenvalue weighted by atomic mass is 16.5. The maximum absolute atomic E-state index is 5.45. The number of hydrogen-bond donors (Lipinski definition) is 1. The number of guanidine groups is 1. The minimum Gasteiger partial charge on any atom is -0.472 e. The lowest BCUT2D eigenvalue weighted by Gasteiger charge is -2.32. The molecule has 22 heavy (non-hydrogen) atoms. The van der Waals surface area contributed by atoms with Crippen LogP contribution in [0.2, 0.25) is 0 Å². The Morgan fingerprint density at radius 1 is 1.36 bits per heavy atom. The van der Waals surface area contributed by atoms with E-state index in [9.17, 15) is 0 Å². The van der Waals surface area contributed by atoms with E-state index in [1.807, 2.05) is 6.07 Å². The van der Waals surface area contributed by atoms with Crippen LogP contribution >= 0.6 is 0 Å². The predicted octanol–water partition coefficient (Wildman–Crippen LogP) is 1.15.